The SMILES string of the molecule is Fc1cnc2c(N3CC4(CCC4)C3)cc(Br)cn12. The van der Waals surface area contributed by atoms with Gasteiger partial charge in [-0.15, -0.1) is 0 Å². The largest absolute Gasteiger partial charge is 0.367 e. The van der Waals surface area contributed by atoms with Crippen LogP contribution in [0, 0.1) is 11.4 Å². The van der Waals surface area contributed by atoms with Gasteiger partial charge in [-0.2, -0.15) is 4.39 Å². The van der Waals surface area contributed by atoms with E-state index in [4.69, 9.17) is 0 Å². The van der Waals surface area contributed by atoms with Crippen LogP contribution < -0.4 is 4.90 Å². The predicted octanol–water partition coefficient (Wildman–Crippen LogP) is 3.23. The van der Waals surface area contributed by atoms with Crippen LogP contribution in [-0.4, -0.2) is 22.5 Å². The Morgan fingerprint density at radius 3 is 2.78 bits per heavy atom. The van der Waals surface area contributed by atoms with Crippen LogP contribution in [0.1, 0.15) is 19.3 Å². The van der Waals surface area contributed by atoms with Crippen LogP contribution in [0.25, 0.3) is 5.65 Å². The minimum absolute atomic E-state index is 0.313. The Hall–Kier alpha value is -1.10. The molecule has 1 aliphatic carbocycles. The summed E-state index contributed by atoms with van der Waals surface area (Å²) in [5.74, 6) is -0.313. The second-order valence-corrected chi connectivity index (χ2v) is 6.44. The van der Waals surface area contributed by atoms with Crippen molar-refractivity contribution in [3.63, 3.8) is 0 Å². The standard InChI is InChI=1S/C13H13BrFN3/c14-9-4-10(12-16-5-11(15)18(12)6-9)17-7-13(8-17)2-1-3-13/h4-6H,1-3,7-8H2. The number of halogens is 2. The molecule has 0 radical (unpaired) electrons. The van der Waals surface area contributed by atoms with Crippen molar-refractivity contribution in [2.24, 2.45) is 5.41 Å². The first-order valence-electron chi connectivity index (χ1n) is 6.24. The third-order valence-electron chi connectivity index (χ3n) is 4.32. The summed E-state index contributed by atoms with van der Waals surface area (Å²) in [6.45, 7) is 2.18. The molecule has 0 unspecified atom stereocenters. The zero-order valence-electron chi connectivity index (χ0n) is 9.87. The van der Waals surface area contributed by atoms with Gasteiger partial charge in [-0.3, -0.25) is 4.40 Å². The monoisotopic (exact) mass is 309 g/mol. The smallest absolute Gasteiger partial charge is 0.217 e. The minimum Gasteiger partial charge on any atom is -0.367 e. The summed E-state index contributed by atoms with van der Waals surface area (Å²) >= 11 is 3.44. The fourth-order valence-electron chi connectivity index (χ4n) is 3.17. The van der Waals surface area contributed by atoms with Crippen molar-refractivity contribution in [2.45, 2.75) is 19.3 Å². The van der Waals surface area contributed by atoms with Gasteiger partial charge in [-0.25, -0.2) is 4.98 Å². The summed E-state index contributed by atoms with van der Waals surface area (Å²) in [6, 6.07) is 2.04. The molecule has 0 N–H and O–H groups in total. The minimum atomic E-state index is -0.313. The first-order valence-corrected chi connectivity index (χ1v) is 7.03. The zero-order valence-corrected chi connectivity index (χ0v) is 11.5. The average Bonchev–Trinajstić information content (AvgIpc) is 2.56. The lowest BCUT2D eigenvalue weighted by molar-refractivity contribution is 0.0906. The van der Waals surface area contributed by atoms with Crippen LogP contribution in [0.2, 0.25) is 0 Å². The Balaban J connectivity index is 1.76. The maximum absolute atomic E-state index is 13.6. The van der Waals surface area contributed by atoms with Gasteiger partial charge in [-0.1, -0.05) is 6.42 Å². The first-order chi connectivity index (χ1) is 8.67. The summed E-state index contributed by atoms with van der Waals surface area (Å²) < 4.78 is 16.0. The first kappa shape index (κ1) is 10.8. The van der Waals surface area contributed by atoms with Gasteiger partial charge < -0.3 is 4.90 Å². The molecule has 2 aromatic rings. The molecule has 2 aromatic heterocycles. The van der Waals surface area contributed by atoms with Crippen LogP contribution in [0.4, 0.5) is 10.1 Å². The summed E-state index contributed by atoms with van der Waals surface area (Å²) in [5, 5.41) is 0. The average molecular weight is 310 g/mol. The Morgan fingerprint density at radius 1 is 1.33 bits per heavy atom. The molecule has 18 heavy (non-hydrogen) atoms. The molecule has 94 valence electrons. The van der Waals surface area contributed by atoms with E-state index in [1.165, 1.54) is 29.9 Å². The topological polar surface area (TPSA) is 20.5 Å². The van der Waals surface area contributed by atoms with Crippen molar-refractivity contribution in [1.29, 1.82) is 0 Å². The Bertz CT molecular complexity index is 624. The van der Waals surface area contributed by atoms with Crippen LogP contribution in [0.3, 0.4) is 0 Å². The van der Waals surface area contributed by atoms with Crippen molar-refractivity contribution in [2.75, 3.05) is 18.0 Å². The van der Waals surface area contributed by atoms with E-state index in [1.54, 1.807) is 6.20 Å². The van der Waals surface area contributed by atoms with Crippen LogP contribution in [0.15, 0.2) is 22.9 Å². The third kappa shape index (κ3) is 1.37. The fourth-order valence-corrected chi connectivity index (χ4v) is 3.59. The van der Waals surface area contributed by atoms with Gasteiger partial charge in [0.25, 0.3) is 0 Å². The number of rotatable bonds is 1. The van der Waals surface area contributed by atoms with E-state index in [0.29, 0.717) is 11.1 Å². The van der Waals surface area contributed by atoms with Gasteiger partial charge in [-0.05, 0) is 34.8 Å². The molecule has 4 rings (SSSR count). The van der Waals surface area contributed by atoms with Crippen LogP contribution in [-0.2, 0) is 0 Å². The van der Waals surface area contributed by atoms with Crippen molar-refractivity contribution in [1.82, 2.24) is 9.38 Å². The molecule has 2 aliphatic rings. The van der Waals surface area contributed by atoms with Crippen molar-refractivity contribution >= 4 is 27.3 Å². The highest BCUT2D eigenvalue weighted by molar-refractivity contribution is 9.10. The zero-order chi connectivity index (χ0) is 12.3. The van der Waals surface area contributed by atoms with Crippen molar-refractivity contribution in [3.05, 3.63) is 28.9 Å². The molecule has 3 heterocycles. The van der Waals surface area contributed by atoms with Crippen molar-refractivity contribution < 1.29 is 4.39 Å². The Labute approximate surface area is 113 Å². The molecule has 3 nitrogen and oxygen atoms in total. The maximum atomic E-state index is 13.6. The Kier molecular flexibility index (Phi) is 2.08. The van der Waals surface area contributed by atoms with Crippen LogP contribution >= 0.6 is 15.9 Å². The van der Waals surface area contributed by atoms with E-state index >= 15 is 0 Å². The molecule has 2 fully saturated rings. The summed E-state index contributed by atoms with van der Waals surface area (Å²) in [4.78, 5) is 6.49. The molecular weight excluding hydrogens is 297 g/mol. The van der Waals surface area contributed by atoms with Gasteiger partial charge >= 0.3 is 0 Å². The number of hydrogen-bond donors (Lipinski definition) is 0. The number of anilines is 1. The predicted molar refractivity (Wildman–Crippen MR) is 71.3 cm³/mol. The quantitative estimate of drug-likeness (QED) is 0.806. The fraction of sp³-hybridized carbons (Fsp3) is 0.462. The number of aromatic nitrogens is 2. The number of nitrogens with zero attached hydrogens (tertiary/aromatic N) is 3. The maximum Gasteiger partial charge on any atom is 0.217 e. The van der Waals surface area contributed by atoms with Gasteiger partial charge in [0.2, 0.25) is 5.95 Å². The van der Waals surface area contributed by atoms with E-state index < -0.39 is 0 Å². The number of pyridine rings is 1. The molecule has 0 aromatic carbocycles. The highest BCUT2D eigenvalue weighted by Crippen LogP contribution is 2.50. The third-order valence-corrected chi connectivity index (χ3v) is 4.75. The lowest BCUT2D eigenvalue weighted by Crippen LogP contribution is -2.60. The molecule has 0 amide bonds. The summed E-state index contributed by atoms with van der Waals surface area (Å²) in [5.41, 5.74) is 2.31. The van der Waals surface area contributed by atoms with Crippen LogP contribution in [0.5, 0.6) is 0 Å². The van der Waals surface area contributed by atoms with E-state index in [1.807, 2.05) is 6.07 Å². The van der Waals surface area contributed by atoms with Gasteiger partial charge in [0.15, 0.2) is 5.65 Å². The second kappa shape index (κ2) is 3.47. The molecule has 1 aliphatic heterocycles. The molecule has 0 atom stereocenters. The van der Waals surface area contributed by atoms with Crippen molar-refractivity contribution in [3.8, 4) is 0 Å². The highest BCUT2D eigenvalue weighted by atomic mass is 79.9. The summed E-state index contributed by atoms with van der Waals surface area (Å²) in [6.07, 6.45) is 7.05. The van der Waals surface area contributed by atoms with Gasteiger partial charge in [0, 0.05) is 29.2 Å². The van der Waals surface area contributed by atoms with E-state index in [0.717, 1.165) is 23.2 Å². The molecule has 0 bridgehead atoms. The second-order valence-electron chi connectivity index (χ2n) is 5.53. The number of hydrogen-bond acceptors (Lipinski definition) is 2. The normalized spacial score (nSPS) is 21.1. The Morgan fingerprint density at radius 2 is 2.11 bits per heavy atom. The van der Waals surface area contributed by atoms with E-state index in [9.17, 15) is 4.39 Å². The van der Waals surface area contributed by atoms with E-state index in [2.05, 4.69) is 25.8 Å². The lowest BCUT2D eigenvalue weighted by atomic mass is 9.63. The molecular formula is C13H13BrFN3. The van der Waals surface area contributed by atoms with E-state index in [-0.39, 0.29) is 5.95 Å². The number of imidazole rings is 1. The molecule has 5 heteroatoms. The molecule has 1 saturated carbocycles. The molecule has 1 spiro atoms. The highest BCUT2D eigenvalue weighted by Gasteiger charge is 2.47. The lowest BCUT2D eigenvalue weighted by Gasteiger charge is -2.56. The van der Waals surface area contributed by atoms with Gasteiger partial charge in [0.1, 0.15) is 0 Å². The van der Waals surface area contributed by atoms with Gasteiger partial charge in [0.05, 0.1) is 11.9 Å². The summed E-state index contributed by atoms with van der Waals surface area (Å²) in [7, 11) is 0. The number of fused-ring (bicyclic) bond motifs is 1. The molecule has 1 saturated heterocycles.